The van der Waals surface area contributed by atoms with Crippen molar-refractivity contribution < 1.29 is 10.2 Å². The van der Waals surface area contributed by atoms with Crippen LogP contribution in [0.25, 0.3) is 0 Å². The minimum atomic E-state index is 0. The molecule has 0 amide bonds. The van der Waals surface area contributed by atoms with Gasteiger partial charge in [0.15, 0.2) is 0 Å². The predicted octanol–water partition coefficient (Wildman–Crippen LogP) is -0.984. The van der Waals surface area contributed by atoms with Gasteiger partial charge in [0.25, 0.3) is 0 Å². The molecule has 0 bridgehead atoms. The number of likely N-dealkylation sites (N-methyl/N-ethyl adjacent to an activating group) is 1. The largest absolute Gasteiger partial charge is 0.395 e. The van der Waals surface area contributed by atoms with Crippen LogP contribution in [0.3, 0.4) is 0 Å². The number of hydrogen-bond acceptors (Lipinski definition) is 3. The lowest BCUT2D eigenvalue weighted by Gasteiger charge is -2.11. The fourth-order valence-corrected chi connectivity index (χ4v) is 0.453. The third kappa shape index (κ3) is 8.23. The minimum absolute atomic E-state index is 0. The molecule has 9 heavy (non-hydrogen) atoms. The Kier molecular flexibility index (Phi) is 10.9. The molecule has 0 fully saturated rings. The smallest absolute Gasteiger partial charge is 0.0558 e. The maximum atomic E-state index is 8.34. The van der Waals surface area contributed by atoms with E-state index in [0.29, 0.717) is 13.1 Å². The average molecular weight is 153 g/mol. The third-order valence-corrected chi connectivity index (χ3v) is 0.963. The quantitative estimate of drug-likeness (QED) is 0.545. The molecule has 58 valence electrons. The molecule has 0 aromatic heterocycles. The van der Waals surface area contributed by atoms with Crippen molar-refractivity contribution in [1.29, 1.82) is 0 Å². The van der Waals surface area contributed by atoms with Crippen LogP contribution in [0.1, 0.15) is 0 Å². The van der Waals surface area contributed by atoms with Crippen LogP contribution >= 0.6 is 13.5 Å². The lowest BCUT2D eigenvalue weighted by atomic mass is 10.5. The van der Waals surface area contributed by atoms with Crippen molar-refractivity contribution in [3.63, 3.8) is 0 Å². The van der Waals surface area contributed by atoms with Crippen LogP contribution in [0.15, 0.2) is 0 Å². The molecule has 0 heterocycles. The Balaban J connectivity index is 0. The van der Waals surface area contributed by atoms with Crippen LogP contribution in [0.5, 0.6) is 0 Å². The zero-order valence-corrected chi connectivity index (χ0v) is 6.67. The summed E-state index contributed by atoms with van der Waals surface area (Å²) in [6.07, 6.45) is 0. The molecule has 0 spiro atoms. The molecule has 0 rings (SSSR count). The molecule has 0 saturated carbocycles. The van der Waals surface area contributed by atoms with E-state index in [1.54, 1.807) is 0 Å². The number of rotatable bonds is 4. The van der Waals surface area contributed by atoms with Crippen LogP contribution < -0.4 is 0 Å². The monoisotopic (exact) mass is 153 g/mol. The second kappa shape index (κ2) is 8.23. The first-order valence-electron chi connectivity index (χ1n) is 2.71. The lowest BCUT2D eigenvalue weighted by molar-refractivity contribution is 0.184. The Hall–Kier alpha value is 0.230. The Labute approximate surface area is 62.7 Å². The van der Waals surface area contributed by atoms with E-state index < -0.39 is 0 Å². The average Bonchev–Trinajstić information content (AvgIpc) is 1.68. The highest BCUT2D eigenvalue weighted by atomic mass is 32.1. The summed E-state index contributed by atoms with van der Waals surface area (Å²) in [5, 5.41) is 16.7. The van der Waals surface area contributed by atoms with E-state index in [1.807, 2.05) is 11.9 Å². The van der Waals surface area contributed by atoms with Gasteiger partial charge < -0.3 is 15.1 Å². The molecular weight excluding hydrogens is 138 g/mol. The third-order valence-electron chi connectivity index (χ3n) is 0.963. The molecular formula is C5H15NO2S. The van der Waals surface area contributed by atoms with Crippen LogP contribution in [-0.2, 0) is 0 Å². The van der Waals surface area contributed by atoms with Crippen molar-refractivity contribution in [2.24, 2.45) is 0 Å². The van der Waals surface area contributed by atoms with E-state index in [4.69, 9.17) is 10.2 Å². The highest BCUT2D eigenvalue weighted by molar-refractivity contribution is 7.59. The second-order valence-corrected chi connectivity index (χ2v) is 1.75. The van der Waals surface area contributed by atoms with Crippen LogP contribution in [0, 0.1) is 0 Å². The van der Waals surface area contributed by atoms with Crippen molar-refractivity contribution in [1.82, 2.24) is 4.90 Å². The van der Waals surface area contributed by atoms with Gasteiger partial charge in [0.2, 0.25) is 0 Å². The normalized spacial score (nSPS) is 9.33. The van der Waals surface area contributed by atoms with Crippen LogP contribution in [-0.4, -0.2) is 48.5 Å². The summed E-state index contributed by atoms with van der Waals surface area (Å²) in [6.45, 7) is 1.61. The van der Waals surface area contributed by atoms with E-state index in [1.165, 1.54) is 0 Å². The van der Waals surface area contributed by atoms with Crippen LogP contribution in [0.4, 0.5) is 0 Å². The molecule has 0 aliphatic heterocycles. The predicted molar refractivity (Wildman–Crippen MR) is 42.0 cm³/mol. The van der Waals surface area contributed by atoms with Crippen molar-refractivity contribution in [2.75, 3.05) is 33.4 Å². The first-order chi connectivity index (χ1) is 3.81. The SMILES string of the molecule is CN(CCO)CCO.S. The van der Waals surface area contributed by atoms with Gasteiger partial charge in [-0.05, 0) is 7.05 Å². The molecule has 0 aromatic carbocycles. The Morgan fingerprint density at radius 2 is 1.44 bits per heavy atom. The molecule has 0 unspecified atom stereocenters. The first kappa shape index (κ1) is 12.0. The molecule has 0 atom stereocenters. The van der Waals surface area contributed by atoms with Crippen molar-refractivity contribution >= 4 is 13.5 Å². The molecule has 0 aromatic rings. The molecule has 0 aliphatic carbocycles. The van der Waals surface area contributed by atoms with Gasteiger partial charge in [0, 0.05) is 13.1 Å². The maximum Gasteiger partial charge on any atom is 0.0558 e. The first-order valence-corrected chi connectivity index (χ1v) is 2.71. The summed E-state index contributed by atoms with van der Waals surface area (Å²) >= 11 is 0. The molecule has 2 N–H and O–H groups in total. The molecule has 0 saturated heterocycles. The van der Waals surface area contributed by atoms with Gasteiger partial charge >= 0.3 is 0 Å². The zero-order chi connectivity index (χ0) is 6.41. The standard InChI is InChI=1S/C5H13NO2.H2S/c1-6(2-4-7)3-5-8;/h7-8H,2-5H2,1H3;1H2. The van der Waals surface area contributed by atoms with Gasteiger partial charge in [-0.25, -0.2) is 0 Å². The molecule has 3 nitrogen and oxygen atoms in total. The van der Waals surface area contributed by atoms with E-state index in [-0.39, 0.29) is 26.7 Å². The minimum Gasteiger partial charge on any atom is -0.395 e. The Morgan fingerprint density at radius 1 is 1.11 bits per heavy atom. The summed E-state index contributed by atoms with van der Waals surface area (Å²) in [6, 6.07) is 0. The van der Waals surface area contributed by atoms with Crippen molar-refractivity contribution in [2.45, 2.75) is 0 Å². The fraction of sp³-hybridized carbons (Fsp3) is 1.00. The summed E-state index contributed by atoms with van der Waals surface area (Å²) in [5.74, 6) is 0. The number of aliphatic hydroxyl groups excluding tert-OH is 2. The molecule has 4 heteroatoms. The fourth-order valence-electron chi connectivity index (χ4n) is 0.453. The van der Waals surface area contributed by atoms with Gasteiger partial charge in [-0.15, -0.1) is 0 Å². The summed E-state index contributed by atoms with van der Waals surface area (Å²) < 4.78 is 0. The topological polar surface area (TPSA) is 43.7 Å². The number of hydrogen-bond donors (Lipinski definition) is 2. The summed E-state index contributed by atoms with van der Waals surface area (Å²) in [5.41, 5.74) is 0. The van der Waals surface area contributed by atoms with Crippen molar-refractivity contribution in [3.8, 4) is 0 Å². The summed E-state index contributed by atoms with van der Waals surface area (Å²) in [7, 11) is 1.85. The highest BCUT2D eigenvalue weighted by Crippen LogP contribution is 1.76. The van der Waals surface area contributed by atoms with E-state index in [2.05, 4.69) is 0 Å². The van der Waals surface area contributed by atoms with Gasteiger partial charge in [0.05, 0.1) is 13.2 Å². The lowest BCUT2D eigenvalue weighted by Crippen LogP contribution is -2.25. The van der Waals surface area contributed by atoms with Crippen LogP contribution in [0.2, 0.25) is 0 Å². The summed E-state index contributed by atoms with van der Waals surface area (Å²) in [4.78, 5) is 1.86. The second-order valence-electron chi connectivity index (χ2n) is 1.75. The number of nitrogens with zero attached hydrogens (tertiary/aromatic N) is 1. The number of aliphatic hydroxyl groups is 2. The van der Waals surface area contributed by atoms with E-state index in [9.17, 15) is 0 Å². The van der Waals surface area contributed by atoms with Gasteiger partial charge in [-0.2, -0.15) is 13.5 Å². The molecule has 0 aliphatic rings. The van der Waals surface area contributed by atoms with Gasteiger partial charge in [-0.3, -0.25) is 0 Å². The van der Waals surface area contributed by atoms with Crippen molar-refractivity contribution in [3.05, 3.63) is 0 Å². The van der Waals surface area contributed by atoms with E-state index >= 15 is 0 Å². The zero-order valence-electron chi connectivity index (χ0n) is 5.67. The molecule has 0 radical (unpaired) electrons. The Bertz CT molecular complexity index is 48.2. The Morgan fingerprint density at radius 3 is 1.67 bits per heavy atom. The maximum absolute atomic E-state index is 8.34. The van der Waals surface area contributed by atoms with Gasteiger partial charge in [0.1, 0.15) is 0 Å². The highest BCUT2D eigenvalue weighted by Gasteiger charge is 1.91. The van der Waals surface area contributed by atoms with Gasteiger partial charge in [-0.1, -0.05) is 0 Å². The van der Waals surface area contributed by atoms with E-state index in [0.717, 1.165) is 0 Å².